The van der Waals surface area contributed by atoms with Gasteiger partial charge in [0.25, 0.3) is 0 Å². The molecule has 0 aliphatic carbocycles. The van der Waals surface area contributed by atoms with E-state index in [1.807, 2.05) is 0 Å². The molecule has 0 radical (unpaired) electrons. The van der Waals surface area contributed by atoms with Crippen LogP contribution in [0.3, 0.4) is 0 Å². The van der Waals surface area contributed by atoms with Crippen LogP contribution in [0, 0.1) is 5.92 Å². The van der Waals surface area contributed by atoms with E-state index in [4.69, 9.17) is 4.74 Å². The summed E-state index contributed by atoms with van der Waals surface area (Å²) in [6.45, 7) is 20.1. The highest BCUT2D eigenvalue weighted by Crippen LogP contribution is 2.23. The third-order valence-electron chi connectivity index (χ3n) is 5.99. The summed E-state index contributed by atoms with van der Waals surface area (Å²) in [6, 6.07) is 13.6. The number of rotatable bonds is 12. The minimum absolute atomic E-state index is 0.168. The Morgan fingerprint density at radius 1 is 1.13 bits per heavy atom. The van der Waals surface area contributed by atoms with Crippen LogP contribution in [0.5, 0.6) is 0 Å². The Labute approximate surface area is 189 Å². The monoisotopic (exact) mass is 426 g/mol. The lowest BCUT2D eigenvalue weighted by atomic mass is 9.87. The average Bonchev–Trinajstić information content (AvgIpc) is 3.13. The standard InChI is InChI=1S/C27H42N2O2/c1-8-16-31-20-26(30)19-29(22(4)21(2)3)18-25-10-9-15-28(25)17-23-11-13-24(14-12-23)27(5,6)7/h8-15,21-22,26,30H,1,16-20H2,2-7H3/t22-,26+/m0/s1. The van der Waals surface area contributed by atoms with Crippen LogP contribution in [0.4, 0.5) is 0 Å². The molecule has 0 unspecified atom stereocenters. The summed E-state index contributed by atoms with van der Waals surface area (Å²) in [7, 11) is 0. The summed E-state index contributed by atoms with van der Waals surface area (Å²) in [5.41, 5.74) is 4.08. The topological polar surface area (TPSA) is 37.6 Å². The highest BCUT2D eigenvalue weighted by atomic mass is 16.5. The summed E-state index contributed by atoms with van der Waals surface area (Å²) in [4.78, 5) is 2.36. The molecule has 0 fully saturated rings. The molecule has 0 amide bonds. The number of ether oxygens (including phenoxy) is 1. The number of hydrogen-bond donors (Lipinski definition) is 1. The fraction of sp³-hybridized carbons (Fsp3) is 0.556. The number of nitrogens with zero attached hydrogens (tertiary/aromatic N) is 2. The zero-order valence-electron chi connectivity index (χ0n) is 20.3. The summed E-state index contributed by atoms with van der Waals surface area (Å²) >= 11 is 0. The van der Waals surface area contributed by atoms with Gasteiger partial charge in [-0.15, -0.1) is 6.58 Å². The van der Waals surface area contributed by atoms with Crippen LogP contribution in [-0.4, -0.2) is 46.5 Å². The van der Waals surface area contributed by atoms with Crippen LogP contribution >= 0.6 is 0 Å². The maximum Gasteiger partial charge on any atom is 0.0900 e. The number of hydrogen-bond acceptors (Lipinski definition) is 3. The third-order valence-corrected chi connectivity index (χ3v) is 5.99. The van der Waals surface area contributed by atoms with Crippen molar-refractivity contribution in [3.63, 3.8) is 0 Å². The molecule has 4 nitrogen and oxygen atoms in total. The molecular formula is C27H42N2O2. The van der Waals surface area contributed by atoms with Gasteiger partial charge in [0, 0.05) is 37.6 Å². The molecular weight excluding hydrogens is 384 g/mol. The fourth-order valence-corrected chi connectivity index (χ4v) is 3.67. The zero-order chi connectivity index (χ0) is 23.0. The van der Waals surface area contributed by atoms with E-state index in [0.29, 0.717) is 31.7 Å². The van der Waals surface area contributed by atoms with Crippen molar-refractivity contribution >= 4 is 0 Å². The fourth-order valence-electron chi connectivity index (χ4n) is 3.67. The van der Waals surface area contributed by atoms with E-state index in [-0.39, 0.29) is 5.41 Å². The maximum absolute atomic E-state index is 10.5. The molecule has 2 rings (SSSR count). The lowest BCUT2D eigenvalue weighted by Gasteiger charge is -2.33. The van der Waals surface area contributed by atoms with E-state index in [1.165, 1.54) is 16.8 Å². The highest BCUT2D eigenvalue weighted by Gasteiger charge is 2.22. The Bertz CT molecular complexity index is 786. The number of aliphatic hydroxyl groups is 1. The largest absolute Gasteiger partial charge is 0.389 e. The van der Waals surface area contributed by atoms with Gasteiger partial charge >= 0.3 is 0 Å². The van der Waals surface area contributed by atoms with Crippen molar-refractivity contribution in [1.82, 2.24) is 9.47 Å². The van der Waals surface area contributed by atoms with Gasteiger partial charge in [0.05, 0.1) is 19.3 Å². The highest BCUT2D eigenvalue weighted by molar-refractivity contribution is 5.28. The van der Waals surface area contributed by atoms with Gasteiger partial charge in [0.15, 0.2) is 0 Å². The molecule has 31 heavy (non-hydrogen) atoms. The molecule has 0 aliphatic heterocycles. The Balaban J connectivity index is 2.10. The quantitative estimate of drug-likeness (QED) is 0.372. The van der Waals surface area contributed by atoms with Gasteiger partial charge in [-0.3, -0.25) is 4.90 Å². The SMILES string of the molecule is C=CCOC[C@H](O)CN(Cc1cccn1Cc1ccc(C(C)(C)C)cc1)[C@@H](C)C(C)C. The van der Waals surface area contributed by atoms with E-state index < -0.39 is 6.10 Å². The van der Waals surface area contributed by atoms with Gasteiger partial charge in [-0.25, -0.2) is 0 Å². The lowest BCUT2D eigenvalue weighted by molar-refractivity contribution is 0.0103. The Morgan fingerprint density at radius 3 is 2.39 bits per heavy atom. The predicted molar refractivity (Wildman–Crippen MR) is 130 cm³/mol. The summed E-state index contributed by atoms with van der Waals surface area (Å²) in [6.07, 6.45) is 3.34. The first-order chi connectivity index (χ1) is 14.6. The van der Waals surface area contributed by atoms with Crippen molar-refractivity contribution in [2.24, 2.45) is 5.92 Å². The van der Waals surface area contributed by atoms with E-state index >= 15 is 0 Å². The molecule has 1 heterocycles. The van der Waals surface area contributed by atoms with Crippen molar-refractivity contribution in [1.29, 1.82) is 0 Å². The van der Waals surface area contributed by atoms with Crippen LogP contribution in [0.15, 0.2) is 55.3 Å². The minimum Gasteiger partial charge on any atom is -0.389 e. The van der Waals surface area contributed by atoms with Gasteiger partial charge in [-0.2, -0.15) is 0 Å². The van der Waals surface area contributed by atoms with Crippen LogP contribution in [-0.2, 0) is 23.2 Å². The van der Waals surface area contributed by atoms with E-state index in [9.17, 15) is 5.11 Å². The summed E-state index contributed by atoms with van der Waals surface area (Å²) in [5.74, 6) is 0.495. The molecule has 4 heteroatoms. The number of aromatic nitrogens is 1. The van der Waals surface area contributed by atoms with E-state index in [1.54, 1.807) is 6.08 Å². The van der Waals surface area contributed by atoms with Crippen molar-refractivity contribution < 1.29 is 9.84 Å². The summed E-state index contributed by atoms with van der Waals surface area (Å²) < 4.78 is 7.77. The van der Waals surface area contributed by atoms with Gasteiger partial charge in [-0.05, 0) is 41.5 Å². The predicted octanol–water partition coefficient (Wildman–Crippen LogP) is 5.24. The minimum atomic E-state index is -0.519. The van der Waals surface area contributed by atoms with Crippen molar-refractivity contribution in [3.8, 4) is 0 Å². The molecule has 0 saturated carbocycles. The zero-order valence-corrected chi connectivity index (χ0v) is 20.3. The maximum atomic E-state index is 10.5. The molecule has 0 aliphatic rings. The second-order valence-corrected chi connectivity index (χ2v) is 9.97. The first kappa shape index (κ1) is 25.4. The van der Waals surface area contributed by atoms with Gasteiger partial charge in [-0.1, -0.05) is 65.0 Å². The molecule has 1 N–H and O–H groups in total. The van der Waals surface area contributed by atoms with Crippen LogP contribution < -0.4 is 0 Å². The Kier molecular flexibility index (Phi) is 9.54. The van der Waals surface area contributed by atoms with Gasteiger partial charge < -0.3 is 14.4 Å². The second-order valence-electron chi connectivity index (χ2n) is 9.97. The summed E-state index contributed by atoms with van der Waals surface area (Å²) in [5, 5.41) is 10.5. The second kappa shape index (κ2) is 11.7. The number of benzene rings is 1. The Morgan fingerprint density at radius 2 is 1.81 bits per heavy atom. The van der Waals surface area contributed by atoms with E-state index in [0.717, 1.165) is 13.1 Å². The van der Waals surface area contributed by atoms with Crippen molar-refractivity contribution in [2.75, 3.05) is 19.8 Å². The first-order valence-electron chi connectivity index (χ1n) is 11.5. The molecule has 1 aromatic heterocycles. The van der Waals surface area contributed by atoms with Crippen LogP contribution in [0.25, 0.3) is 0 Å². The van der Waals surface area contributed by atoms with Crippen molar-refractivity contribution in [2.45, 2.75) is 72.2 Å². The molecule has 0 saturated heterocycles. The molecule has 1 aromatic carbocycles. The average molecular weight is 427 g/mol. The molecule has 0 spiro atoms. The lowest BCUT2D eigenvalue weighted by Crippen LogP contribution is -2.42. The third kappa shape index (κ3) is 7.95. The molecule has 0 bridgehead atoms. The smallest absolute Gasteiger partial charge is 0.0900 e. The van der Waals surface area contributed by atoms with Gasteiger partial charge in [0.1, 0.15) is 0 Å². The van der Waals surface area contributed by atoms with E-state index in [2.05, 4.69) is 100 Å². The van der Waals surface area contributed by atoms with Gasteiger partial charge in [0.2, 0.25) is 0 Å². The van der Waals surface area contributed by atoms with Crippen LogP contribution in [0.2, 0.25) is 0 Å². The van der Waals surface area contributed by atoms with Crippen molar-refractivity contribution in [3.05, 3.63) is 72.1 Å². The Hall–Kier alpha value is -1.88. The first-order valence-corrected chi connectivity index (χ1v) is 11.5. The molecule has 172 valence electrons. The normalized spacial score (nSPS) is 14.2. The van der Waals surface area contributed by atoms with Crippen LogP contribution in [0.1, 0.15) is 58.4 Å². The molecule has 2 atom stereocenters. The number of aliphatic hydroxyl groups excluding tert-OH is 1. The molecule has 2 aromatic rings.